The van der Waals surface area contributed by atoms with Gasteiger partial charge in [-0.1, -0.05) is 6.07 Å². The number of hydrogen-bond donors (Lipinski definition) is 0. The Hall–Kier alpha value is -1.51. The van der Waals surface area contributed by atoms with Gasteiger partial charge in [-0.25, -0.2) is 8.78 Å². The zero-order valence-electron chi connectivity index (χ0n) is 8.09. The van der Waals surface area contributed by atoms with Gasteiger partial charge in [0.2, 0.25) is 0 Å². The molecule has 2 rings (SSSR count). The minimum absolute atomic E-state index is 0.0565. The Bertz CT molecular complexity index is 435. The highest BCUT2D eigenvalue weighted by atomic mass is 19.2. The van der Waals surface area contributed by atoms with E-state index in [9.17, 15) is 13.6 Å². The zero-order chi connectivity index (χ0) is 10.8. The van der Waals surface area contributed by atoms with E-state index in [-0.39, 0.29) is 5.78 Å². The lowest BCUT2D eigenvalue weighted by molar-refractivity contribution is -0.114. The van der Waals surface area contributed by atoms with E-state index in [1.165, 1.54) is 12.1 Å². The normalized spacial score (nSPS) is 16.4. The second-order valence-corrected chi connectivity index (χ2v) is 3.62. The molecule has 3 heteroatoms. The van der Waals surface area contributed by atoms with Gasteiger partial charge >= 0.3 is 0 Å². The van der Waals surface area contributed by atoms with E-state index in [1.54, 1.807) is 0 Å². The van der Waals surface area contributed by atoms with Crippen molar-refractivity contribution in [2.45, 2.75) is 19.3 Å². The lowest BCUT2D eigenvalue weighted by Crippen LogP contribution is -2.02. The van der Waals surface area contributed by atoms with Crippen LogP contribution in [0.25, 0.3) is 5.57 Å². The van der Waals surface area contributed by atoms with E-state index in [4.69, 9.17) is 0 Å². The molecule has 0 saturated heterocycles. The summed E-state index contributed by atoms with van der Waals surface area (Å²) in [5.41, 5.74) is 1.40. The summed E-state index contributed by atoms with van der Waals surface area (Å²) < 4.78 is 25.6. The van der Waals surface area contributed by atoms with Crippen LogP contribution < -0.4 is 0 Å². The van der Waals surface area contributed by atoms with Crippen molar-refractivity contribution in [3.63, 3.8) is 0 Å². The van der Waals surface area contributed by atoms with Crippen LogP contribution in [0.2, 0.25) is 0 Å². The number of ketones is 1. The molecule has 15 heavy (non-hydrogen) atoms. The third-order valence-corrected chi connectivity index (χ3v) is 2.49. The monoisotopic (exact) mass is 208 g/mol. The topological polar surface area (TPSA) is 17.1 Å². The van der Waals surface area contributed by atoms with Crippen molar-refractivity contribution in [3.05, 3.63) is 41.5 Å². The molecular formula is C12H10F2O. The molecule has 0 spiro atoms. The van der Waals surface area contributed by atoms with Gasteiger partial charge in [0.15, 0.2) is 17.4 Å². The molecule has 1 aliphatic carbocycles. The maximum Gasteiger partial charge on any atom is 0.159 e. The molecule has 1 aromatic rings. The van der Waals surface area contributed by atoms with Gasteiger partial charge in [0.1, 0.15) is 0 Å². The second-order valence-electron chi connectivity index (χ2n) is 3.62. The second kappa shape index (κ2) is 3.93. The number of halogens is 2. The van der Waals surface area contributed by atoms with Crippen LogP contribution in [0.5, 0.6) is 0 Å². The lowest BCUT2D eigenvalue weighted by atomic mass is 9.93. The predicted molar refractivity (Wildman–Crippen MR) is 53.2 cm³/mol. The quantitative estimate of drug-likeness (QED) is 0.693. The summed E-state index contributed by atoms with van der Waals surface area (Å²) in [7, 11) is 0. The van der Waals surface area contributed by atoms with Gasteiger partial charge < -0.3 is 0 Å². The van der Waals surface area contributed by atoms with Crippen LogP contribution in [0, 0.1) is 11.6 Å². The molecule has 1 aliphatic rings. The molecule has 0 unspecified atom stereocenters. The van der Waals surface area contributed by atoms with E-state index in [0.717, 1.165) is 30.5 Å². The molecule has 0 aliphatic heterocycles. The maximum atomic E-state index is 12.9. The third-order valence-electron chi connectivity index (χ3n) is 2.49. The molecule has 0 radical (unpaired) electrons. The Morgan fingerprint density at radius 1 is 1.07 bits per heavy atom. The van der Waals surface area contributed by atoms with Gasteiger partial charge in [0, 0.05) is 6.42 Å². The Labute approximate surface area is 86.4 Å². The fourth-order valence-corrected chi connectivity index (χ4v) is 1.72. The van der Waals surface area contributed by atoms with Crippen molar-refractivity contribution >= 4 is 11.4 Å². The van der Waals surface area contributed by atoms with Crippen molar-refractivity contribution in [1.82, 2.24) is 0 Å². The van der Waals surface area contributed by atoms with Crippen LogP contribution in [0.1, 0.15) is 24.8 Å². The van der Waals surface area contributed by atoms with Crippen LogP contribution in [-0.4, -0.2) is 5.78 Å². The zero-order valence-corrected chi connectivity index (χ0v) is 8.09. The van der Waals surface area contributed by atoms with Crippen LogP contribution in [0.15, 0.2) is 24.3 Å². The Morgan fingerprint density at radius 3 is 2.53 bits per heavy atom. The molecule has 78 valence electrons. The number of benzene rings is 1. The summed E-state index contributed by atoms with van der Waals surface area (Å²) >= 11 is 0. The Morgan fingerprint density at radius 2 is 1.87 bits per heavy atom. The molecule has 0 aromatic heterocycles. The van der Waals surface area contributed by atoms with E-state index in [1.807, 2.05) is 0 Å². The minimum atomic E-state index is -0.869. The minimum Gasteiger partial charge on any atom is -0.295 e. The summed E-state index contributed by atoms with van der Waals surface area (Å²) in [5.74, 6) is -1.67. The molecule has 0 atom stereocenters. The molecule has 0 fully saturated rings. The summed E-state index contributed by atoms with van der Waals surface area (Å²) in [4.78, 5) is 11.2. The molecule has 0 saturated carbocycles. The first-order valence-electron chi connectivity index (χ1n) is 4.85. The molecule has 0 N–H and O–H groups in total. The van der Waals surface area contributed by atoms with Crippen LogP contribution in [0.3, 0.4) is 0 Å². The lowest BCUT2D eigenvalue weighted by Gasteiger charge is -2.12. The van der Waals surface area contributed by atoms with Gasteiger partial charge in [0.25, 0.3) is 0 Å². The van der Waals surface area contributed by atoms with Crippen molar-refractivity contribution in [3.8, 4) is 0 Å². The van der Waals surface area contributed by atoms with Gasteiger partial charge in [-0.15, -0.1) is 0 Å². The molecular weight excluding hydrogens is 198 g/mol. The summed E-state index contributed by atoms with van der Waals surface area (Å²) in [6.07, 6.45) is 3.60. The van der Waals surface area contributed by atoms with Crippen molar-refractivity contribution in [2.75, 3.05) is 0 Å². The van der Waals surface area contributed by atoms with Gasteiger partial charge in [-0.2, -0.15) is 0 Å². The maximum absolute atomic E-state index is 12.9. The van der Waals surface area contributed by atoms with Crippen LogP contribution >= 0.6 is 0 Å². The number of allylic oxidation sites excluding steroid dienone is 2. The number of carbonyl (C=O) groups excluding carboxylic acids is 1. The van der Waals surface area contributed by atoms with E-state index in [2.05, 4.69) is 0 Å². The first-order valence-corrected chi connectivity index (χ1v) is 4.85. The first-order chi connectivity index (χ1) is 7.16. The Kier molecular flexibility index (Phi) is 2.62. The highest BCUT2D eigenvalue weighted by Gasteiger charge is 2.12. The van der Waals surface area contributed by atoms with Crippen LogP contribution in [-0.2, 0) is 4.79 Å². The Balaban J connectivity index is 2.37. The number of rotatable bonds is 1. The van der Waals surface area contributed by atoms with Crippen LogP contribution in [0.4, 0.5) is 8.78 Å². The SMILES string of the molecule is O=C1C=C(c2ccc(F)c(F)c2)CCC1. The van der Waals surface area contributed by atoms with Gasteiger partial charge in [-0.3, -0.25) is 4.79 Å². The summed E-state index contributed by atoms with van der Waals surface area (Å²) in [5, 5.41) is 0. The van der Waals surface area contributed by atoms with Crippen molar-refractivity contribution in [1.29, 1.82) is 0 Å². The highest BCUT2D eigenvalue weighted by molar-refractivity contribution is 5.98. The fraction of sp³-hybridized carbons (Fsp3) is 0.250. The summed E-state index contributed by atoms with van der Waals surface area (Å²) in [6.45, 7) is 0. The fourth-order valence-electron chi connectivity index (χ4n) is 1.72. The average molecular weight is 208 g/mol. The third kappa shape index (κ3) is 2.12. The van der Waals surface area contributed by atoms with Crippen molar-refractivity contribution in [2.24, 2.45) is 0 Å². The predicted octanol–water partition coefficient (Wildman–Crippen LogP) is 3.10. The van der Waals surface area contributed by atoms with Crippen molar-refractivity contribution < 1.29 is 13.6 Å². The van der Waals surface area contributed by atoms with Gasteiger partial charge in [-0.05, 0) is 42.2 Å². The highest BCUT2D eigenvalue weighted by Crippen LogP contribution is 2.26. The molecule has 1 nitrogen and oxygen atoms in total. The molecule has 0 amide bonds. The standard InChI is InChI=1S/C12H10F2O/c13-11-5-4-9(7-12(11)14)8-2-1-3-10(15)6-8/h4-7H,1-3H2. The van der Waals surface area contributed by atoms with E-state index >= 15 is 0 Å². The number of carbonyl (C=O) groups is 1. The molecule has 0 bridgehead atoms. The number of hydrogen-bond acceptors (Lipinski definition) is 1. The van der Waals surface area contributed by atoms with E-state index in [0.29, 0.717) is 12.0 Å². The van der Waals surface area contributed by atoms with Gasteiger partial charge in [0.05, 0.1) is 0 Å². The largest absolute Gasteiger partial charge is 0.295 e. The van der Waals surface area contributed by atoms with E-state index < -0.39 is 11.6 Å². The smallest absolute Gasteiger partial charge is 0.159 e. The first kappa shape index (κ1) is 10.0. The molecule has 0 heterocycles. The average Bonchev–Trinajstić information content (AvgIpc) is 2.22. The molecule has 1 aromatic carbocycles. The summed E-state index contributed by atoms with van der Waals surface area (Å²) in [6, 6.07) is 3.73.